The molecular weight excluding hydrogens is 264 g/mol. The van der Waals surface area contributed by atoms with E-state index in [-0.39, 0.29) is 18.3 Å². The highest BCUT2D eigenvalue weighted by Gasteiger charge is 2.11. The highest BCUT2D eigenvalue weighted by Crippen LogP contribution is 2.16. The summed E-state index contributed by atoms with van der Waals surface area (Å²) in [6, 6.07) is 7.85. The first-order valence-electron chi connectivity index (χ1n) is 6.17. The van der Waals surface area contributed by atoms with Crippen LogP contribution < -0.4 is 11.1 Å². The van der Waals surface area contributed by atoms with Gasteiger partial charge in [0.2, 0.25) is 5.91 Å². The molecule has 0 aliphatic heterocycles. The van der Waals surface area contributed by atoms with Crippen LogP contribution in [0, 0.1) is 0 Å². The second-order valence-electron chi connectivity index (χ2n) is 4.10. The molecule has 1 amide bonds. The van der Waals surface area contributed by atoms with E-state index < -0.39 is 0 Å². The van der Waals surface area contributed by atoms with Crippen LogP contribution in [0.4, 0.5) is 0 Å². The van der Waals surface area contributed by atoms with Crippen LogP contribution in [0.5, 0.6) is 0 Å². The molecule has 0 unspecified atom stereocenters. The van der Waals surface area contributed by atoms with Crippen LogP contribution in [0.3, 0.4) is 0 Å². The summed E-state index contributed by atoms with van der Waals surface area (Å²) in [4.78, 5) is 16.3. The van der Waals surface area contributed by atoms with Crippen molar-refractivity contribution >= 4 is 29.3 Å². The number of aromatic nitrogens is 2. The van der Waals surface area contributed by atoms with E-state index in [2.05, 4.69) is 10.3 Å². The molecule has 0 fully saturated rings. The lowest BCUT2D eigenvalue weighted by atomic mass is 10.3. The summed E-state index contributed by atoms with van der Waals surface area (Å²) in [6.07, 6.45) is 0.804. The molecule has 0 radical (unpaired) electrons. The van der Waals surface area contributed by atoms with Crippen LogP contribution in [-0.4, -0.2) is 28.5 Å². The highest BCUT2D eigenvalue weighted by atomic mass is 35.5. The largest absolute Gasteiger partial charge is 0.353 e. The average Bonchev–Trinajstić information content (AvgIpc) is 2.75. The van der Waals surface area contributed by atoms with Crippen molar-refractivity contribution in [2.45, 2.75) is 19.9 Å². The number of carbonyl (C=O) groups excluding carboxylic acids is 1. The van der Waals surface area contributed by atoms with E-state index in [0.717, 1.165) is 23.3 Å². The Morgan fingerprint density at radius 1 is 1.42 bits per heavy atom. The van der Waals surface area contributed by atoms with E-state index in [9.17, 15) is 4.79 Å². The monoisotopic (exact) mass is 282 g/mol. The maximum absolute atomic E-state index is 11.8. The fourth-order valence-electron chi connectivity index (χ4n) is 1.98. The Bertz CT molecular complexity index is 553. The average molecular weight is 283 g/mol. The van der Waals surface area contributed by atoms with Gasteiger partial charge in [0.05, 0.1) is 11.0 Å². The molecule has 1 aromatic carbocycles. The molecular formula is C13H19ClN4O. The first-order valence-corrected chi connectivity index (χ1v) is 6.17. The van der Waals surface area contributed by atoms with Gasteiger partial charge >= 0.3 is 0 Å². The Morgan fingerprint density at radius 3 is 2.84 bits per heavy atom. The number of halogens is 1. The smallest absolute Gasteiger partial charge is 0.240 e. The van der Waals surface area contributed by atoms with Gasteiger partial charge in [-0.25, -0.2) is 4.98 Å². The molecule has 0 aliphatic rings. The number of carbonyl (C=O) groups is 1. The quantitative estimate of drug-likeness (QED) is 0.862. The van der Waals surface area contributed by atoms with Crippen LogP contribution in [-0.2, 0) is 17.8 Å². The van der Waals surface area contributed by atoms with E-state index in [1.54, 1.807) is 0 Å². The number of benzene rings is 1. The number of nitrogens with two attached hydrogens (primary N) is 1. The van der Waals surface area contributed by atoms with Gasteiger partial charge in [-0.3, -0.25) is 4.79 Å². The van der Waals surface area contributed by atoms with Crippen LogP contribution >= 0.6 is 12.4 Å². The summed E-state index contributed by atoms with van der Waals surface area (Å²) in [5.74, 6) is 0.900. The van der Waals surface area contributed by atoms with Crippen LogP contribution in [0.1, 0.15) is 12.7 Å². The molecule has 1 heterocycles. The summed E-state index contributed by atoms with van der Waals surface area (Å²) in [7, 11) is 0. The number of para-hydroxylation sites is 2. The van der Waals surface area contributed by atoms with Gasteiger partial charge in [0.1, 0.15) is 12.4 Å². The number of nitrogens with zero attached hydrogens (tertiary/aromatic N) is 2. The van der Waals surface area contributed by atoms with Crippen LogP contribution in [0.25, 0.3) is 11.0 Å². The van der Waals surface area contributed by atoms with Crippen molar-refractivity contribution < 1.29 is 4.79 Å². The lowest BCUT2D eigenvalue weighted by Gasteiger charge is -2.08. The van der Waals surface area contributed by atoms with Gasteiger partial charge in [0.15, 0.2) is 0 Å². The van der Waals surface area contributed by atoms with Crippen molar-refractivity contribution in [1.29, 1.82) is 0 Å². The summed E-state index contributed by atoms with van der Waals surface area (Å²) in [6.45, 7) is 3.29. The zero-order valence-electron chi connectivity index (χ0n) is 10.9. The number of hydrogen-bond donors (Lipinski definition) is 2. The van der Waals surface area contributed by atoms with E-state index >= 15 is 0 Å². The minimum atomic E-state index is -0.0293. The maximum Gasteiger partial charge on any atom is 0.240 e. The number of nitrogens with one attached hydrogen (secondary N) is 1. The number of amides is 1. The number of rotatable bonds is 5. The minimum Gasteiger partial charge on any atom is -0.353 e. The first-order chi connectivity index (χ1) is 8.76. The number of hydrogen-bond acceptors (Lipinski definition) is 3. The van der Waals surface area contributed by atoms with Gasteiger partial charge in [-0.15, -0.1) is 12.4 Å². The van der Waals surface area contributed by atoms with E-state index in [1.165, 1.54) is 0 Å². The van der Waals surface area contributed by atoms with Gasteiger partial charge in [-0.05, 0) is 12.1 Å². The minimum absolute atomic E-state index is 0. The summed E-state index contributed by atoms with van der Waals surface area (Å²) < 4.78 is 1.96. The second-order valence-corrected chi connectivity index (χ2v) is 4.10. The Kier molecular flexibility index (Phi) is 5.79. The third kappa shape index (κ3) is 3.45. The lowest BCUT2D eigenvalue weighted by Crippen LogP contribution is -2.32. The number of fused-ring (bicyclic) bond motifs is 1. The van der Waals surface area contributed by atoms with E-state index in [0.29, 0.717) is 19.6 Å². The van der Waals surface area contributed by atoms with Gasteiger partial charge in [0, 0.05) is 19.5 Å². The first kappa shape index (κ1) is 15.5. The van der Waals surface area contributed by atoms with Gasteiger partial charge in [0.25, 0.3) is 0 Å². The van der Waals surface area contributed by atoms with Crippen molar-refractivity contribution in [2.75, 3.05) is 13.1 Å². The van der Waals surface area contributed by atoms with Gasteiger partial charge < -0.3 is 15.6 Å². The third-order valence-electron chi connectivity index (χ3n) is 2.82. The van der Waals surface area contributed by atoms with Crippen molar-refractivity contribution in [3.8, 4) is 0 Å². The van der Waals surface area contributed by atoms with Gasteiger partial charge in [-0.1, -0.05) is 19.1 Å². The van der Waals surface area contributed by atoms with Crippen LogP contribution in [0.15, 0.2) is 24.3 Å². The SMILES string of the molecule is CCc1nc2ccccc2n1CC(=O)NCCN.Cl. The third-order valence-corrected chi connectivity index (χ3v) is 2.82. The Labute approximate surface area is 118 Å². The predicted molar refractivity (Wildman–Crippen MR) is 78.4 cm³/mol. The summed E-state index contributed by atoms with van der Waals surface area (Å²) in [5.41, 5.74) is 7.29. The van der Waals surface area contributed by atoms with Crippen molar-refractivity contribution in [3.63, 3.8) is 0 Å². The lowest BCUT2D eigenvalue weighted by molar-refractivity contribution is -0.121. The standard InChI is InChI=1S/C13H18N4O.ClH/c1-2-12-16-10-5-3-4-6-11(10)17(12)9-13(18)15-8-7-14;/h3-6H,2,7-9,14H2,1H3,(H,15,18);1H. The Hall–Kier alpha value is -1.59. The molecule has 0 spiro atoms. The molecule has 104 valence electrons. The molecule has 2 aromatic rings. The normalized spacial score (nSPS) is 10.2. The van der Waals surface area contributed by atoms with Gasteiger partial charge in [-0.2, -0.15) is 0 Å². The Balaban J connectivity index is 0.00000180. The molecule has 0 atom stereocenters. The molecule has 1 aromatic heterocycles. The zero-order valence-corrected chi connectivity index (χ0v) is 11.7. The molecule has 5 nitrogen and oxygen atoms in total. The number of imidazole rings is 1. The Morgan fingerprint density at radius 2 is 2.16 bits per heavy atom. The molecule has 6 heteroatoms. The fraction of sp³-hybridized carbons (Fsp3) is 0.385. The van der Waals surface area contributed by atoms with Crippen molar-refractivity contribution in [2.24, 2.45) is 5.73 Å². The van der Waals surface area contributed by atoms with Crippen LogP contribution in [0.2, 0.25) is 0 Å². The molecule has 0 aliphatic carbocycles. The molecule has 2 rings (SSSR count). The number of aryl methyl sites for hydroxylation is 1. The molecule has 0 bridgehead atoms. The maximum atomic E-state index is 11.8. The second kappa shape index (κ2) is 7.11. The van der Waals surface area contributed by atoms with E-state index in [1.807, 2.05) is 35.8 Å². The molecule has 19 heavy (non-hydrogen) atoms. The molecule has 0 saturated carbocycles. The van der Waals surface area contributed by atoms with E-state index in [4.69, 9.17) is 5.73 Å². The molecule has 0 saturated heterocycles. The zero-order chi connectivity index (χ0) is 13.0. The summed E-state index contributed by atoms with van der Waals surface area (Å²) >= 11 is 0. The van der Waals surface area contributed by atoms with Crippen molar-refractivity contribution in [3.05, 3.63) is 30.1 Å². The topological polar surface area (TPSA) is 72.9 Å². The predicted octanol–water partition coefficient (Wildman–Crippen LogP) is 1.10. The fourth-order valence-corrected chi connectivity index (χ4v) is 1.98. The van der Waals surface area contributed by atoms with Crippen molar-refractivity contribution in [1.82, 2.24) is 14.9 Å². The molecule has 3 N–H and O–H groups in total. The summed E-state index contributed by atoms with van der Waals surface area (Å²) in [5, 5.41) is 2.77. The highest BCUT2D eigenvalue weighted by molar-refractivity contribution is 5.85.